The van der Waals surface area contributed by atoms with E-state index < -0.39 is 0 Å². The van der Waals surface area contributed by atoms with Crippen molar-refractivity contribution in [2.24, 2.45) is 0 Å². The highest BCUT2D eigenvalue weighted by atomic mass is 32.2. The van der Waals surface area contributed by atoms with Gasteiger partial charge in [0.25, 0.3) is 0 Å². The molecular weight excluding hydrogens is 92.1 g/mol. The molecule has 0 spiro atoms. The highest BCUT2D eigenvalue weighted by Crippen LogP contribution is 2.16. The Bertz CT molecular complexity index is 106. The van der Waals surface area contributed by atoms with Crippen molar-refractivity contribution in [3.8, 4) is 0 Å². The molecule has 0 nitrogen and oxygen atoms in total. The second-order valence-corrected chi connectivity index (χ2v) is 2.41. The maximum absolute atomic E-state index is 3.74. The first-order valence-electron chi connectivity index (χ1n) is 1.68. The average Bonchev–Trinajstić information content (AvgIpc) is 1.86. The van der Waals surface area contributed by atoms with Gasteiger partial charge in [-0.1, -0.05) is 11.9 Å². The minimum atomic E-state index is 0.0910. The van der Waals surface area contributed by atoms with Crippen molar-refractivity contribution in [3.05, 3.63) is 23.0 Å². The Labute approximate surface area is 40.1 Å². The van der Waals surface area contributed by atoms with Gasteiger partial charge in [-0.3, -0.25) is 0 Å². The molecule has 1 atom stereocenters. The normalized spacial score (nSPS) is 20.0. The predicted molar refractivity (Wildman–Crippen MR) is 31.7 cm³/mol. The Morgan fingerprint density at radius 3 is 2.67 bits per heavy atom. The third kappa shape index (κ3) is 0.601. The van der Waals surface area contributed by atoms with E-state index in [-0.39, 0.29) is 10.5 Å². The molecule has 0 aliphatic carbocycles. The molecule has 1 heteroatoms. The summed E-state index contributed by atoms with van der Waals surface area (Å²) in [5.41, 5.74) is 0. The summed E-state index contributed by atoms with van der Waals surface area (Å²) in [7, 11) is 0.0910. The van der Waals surface area contributed by atoms with Gasteiger partial charge in [0, 0.05) is 5.41 Å². The molecule has 0 aromatic carbocycles. The van der Waals surface area contributed by atoms with Gasteiger partial charge in [-0.2, -0.15) is 0 Å². The van der Waals surface area contributed by atoms with Gasteiger partial charge >= 0.3 is 0 Å². The van der Waals surface area contributed by atoms with Crippen LogP contribution in [0, 0.1) is 5.41 Å². The van der Waals surface area contributed by atoms with E-state index in [4.69, 9.17) is 0 Å². The molecule has 0 N–H and O–H groups in total. The summed E-state index contributed by atoms with van der Waals surface area (Å²) in [4.78, 5) is 0. The summed E-state index contributed by atoms with van der Waals surface area (Å²) in [6, 6.07) is 0. The smallest absolute Gasteiger partial charge is 0.0185 e. The Morgan fingerprint density at radius 2 is 2.50 bits per heavy atom. The van der Waals surface area contributed by atoms with E-state index in [1.165, 1.54) is 0 Å². The molecule has 0 saturated carbocycles. The summed E-state index contributed by atoms with van der Waals surface area (Å²) in [5.74, 6) is 3.74. The minimum absolute atomic E-state index is 0.0910. The minimum Gasteiger partial charge on any atom is -0.137 e. The van der Waals surface area contributed by atoms with Crippen LogP contribution in [0.4, 0.5) is 0 Å². The monoisotopic (exact) mass is 97.0 g/mol. The van der Waals surface area contributed by atoms with Crippen molar-refractivity contribution in [2.75, 3.05) is 0 Å². The van der Waals surface area contributed by atoms with Crippen LogP contribution in [0.1, 0.15) is 0 Å². The van der Waals surface area contributed by atoms with E-state index in [0.29, 0.717) is 0 Å². The average molecular weight is 97.2 g/mol. The van der Waals surface area contributed by atoms with Gasteiger partial charge in [0.15, 0.2) is 0 Å². The van der Waals surface area contributed by atoms with Crippen molar-refractivity contribution in [2.45, 2.75) is 0 Å². The quantitative estimate of drug-likeness (QED) is 0.402. The summed E-state index contributed by atoms with van der Waals surface area (Å²) >= 11 is 0. The largest absolute Gasteiger partial charge is 0.137 e. The lowest BCUT2D eigenvalue weighted by atomic mass is 10.6. The van der Waals surface area contributed by atoms with Crippen LogP contribution in [0.5, 0.6) is 0 Å². The van der Waals surface area contributed by atoms with Crippen LogP contribution in [-0.4, -0.2) is 5.87 Å². The third-order valence-corrected chi connectivity index (χ3v) is 1.48. The fourth-order valence-corrected chi connectivity index (χ4v) is 0.900. The third-order valence-electron chi connectivity index (χ3n) is 0.558. The molecule has 1 rings (SSSR count). The van der Waals surface area contributed by atoms with Gasteiger partial charge < -0.3 is 0 Å². The lowest BCUT2D eigenvalue weighted by Crippen LogP contribution is -1.37. The summed E-state index contributed by atoms with van der Waals surface area (Å²) in [6.45, 7) is 0. The zero-order chi connectivity index (χ0) is 4.41. The second kappa shape index (κ2) is 1.43. The van der Waals surface area contributed by atoms with Crippen LogP contribution >= 0.6 is 10.5 Å². The zero-order valence-corrected chi connectivity index (χ0v) is 4.16. The van der Waals surface area contributed by atoms with E-state index in [0.717, 1.165) is 0 Å². The van der Waals surface area contributed by atoms with Crippen LogP contribution in [-0.2, 0) is 0 Å². The zero-order valence-electron chi connectivity index (χ0n) is 3.35. The molecule has 1 unspecified atom stereocenters. The van der Waals surface area contributed by atoms with E-state index >= 15 is 0 Å². The van der Waals surface area contributed by atoms with Crippen molar-refractivity contribution in [1.29, 1.82) is 0 Å². The van der Waals surface area contributed by atoms with Gasteiger partial charge in [-0.15, -0.1) is 10.5 Å². The molecule has 0 aromatic rings. The Morgan fingerprint density at radius 1 is 1.67 bits per heavy atom. The van der Waals surface area contributed by atoms with E-state index in [2.05, 4.69) is 11.3 Å². The van der Waals surface area contributed by atoms with Crippen LogP contribution in [0.2, 0.25) is 0 Å². The molecule has 0 bridgehead atoms. The van der Waals surface area contributed by atoms with Gasteiger partial charge in [0.05, 0.1) is 0 Å². The first-order chi connectivity index (χ1) is 2.89. The lowest BCUT2D eigenvalue weighted by Gasteiger charge is -1.73. The molecule has 1 radical (unpaired) electrons. The fourth-order valence-electron chi connectivity index (χ4n) is 0.300. The molecular formula is C5H5S. The Balaban J connectivity index is 2.86. The predicted octanol–water partition coefficient (Wildman–Crippen LogP) is 1.53. The molecule has 6 heavy (non-hydrogen) atoms. The standard InChI is InChI=1S/C5H5S/c1-6-4-2-3-5-6/h2-4H,1H2. The van der Waals surface area contributed by atoms with Gasteiger partial charge in [-0.25, -0.2) is 0 Å². The molecule has 1 aliphatic heterocycles. The number of hydrogen-bond acceptors (Lipinski definition) is 0. The first-order valence-corrected chi connectivity index (χ1v) is 3.14. The van der Waals surface area contributed by atoms with E-state index in [1.54, 1.807) is 0 Å². The second-order valence-electron chi connectivity index (χ2n) is 1.04. The van der Waals surface area contributed by atoms with Crippen LogP contribution in [0.3, 0.4) is 0 Å². The van der Waals surface area contributed by atoms with Crippen LogP contribution in [0.25, 0.3) is 0 Å². The molecule has 0 saturated heterocycles. The van der Waals surface area contributed by atoms with Crippen LogP contribution < -0.4 is 0 Å². The highest BCUT2D eigenvalue weighted by Gasteiger charge is 1.79. The van der Waals surface area contributed by atoms with E-state index in [9.17, 15) is 0 Å². The SMILES string of the molecule is C=S1[C]=CC=C1. The van der Waals surface area contributed by atoms with E-state index in [1.807, 2.05) is 17.6 Å². The van der Waals surface area contributed by atoms with Crippen LogP contribution in [0.15, 0.2) is 17.6 Å². The van der Waals surface area contributed by atoms with Crippen molar-refractivity contribution in [1.82, 2.24) is 0 Å². The molecule has 0 amide bonds. The molecule has 0 aromatic heterocycles. The molecule has 1 aliphatic rings. The molecule has 31 valence electrons. The van der Waals surface area contributed by atoms with Gasteiger partial charge in [0.1, 0.15) is 0 Å². The first kappa shape index (κ1) is 3.88. The Kier molecular flexibility index (Phi) is 0.926. The number of rotatable bonds is 0. The topological polar surface area (TPSA) is 0 Å². The molecule has 0 fully saturated rings. The Hall–Kier alpha value is -0.300. The highest BCUT2D eigenvalue weighted by molar-refractivity contribution is 8.18. The maximum atomic E-state index is 3.74. The number of allylic oxidation sites excluding steroid dienone is 2. The van der Waals surface area contributed by atoms with Crippen molar-refractivity contribution >= 4 is 16.4 Å². The molecule has 1 heterocycles. The van der Waals surface area contributed by atoms with Crippen molar-refractivity contribution < 1.29 is 0 Å². The maximum Gasteiger partial charge on any atom is 0.0185 e. The van der Waals surface area contributed by atoms with Gasteiger partial charge in [-0.05, 0) is 11.5 Å². The lowest BCUT2D eigenvalue weighted by molar-refractivity contribution is 2.11. The summed E-state index contributed by atoms with van der Waals surface area (Å²) in [6.07, 6.45) is 3.87. The fraction of sp³-hybridized carbons (Fsp3) is 0. The number of hydrogen-bond donors (Lipinski definition) is 0. The van der Waals surface area contributed by atoms with Crippen molar-refractivity contribution in [3.63, 3.8) is 0 Å². The summed E-state index contributed by atoms with van der Waals surface area (Å²) < 4.78 is 0. The summed E-state index contributed by atoms with van der Waals surface area (Å²) in [5, 5.41) is 5.03. The van der Waals surface area contributed by atoms with Gasteiger partial charge in [0.2, 0.25) is 0 Å².